The smallest absolute Gasteiger partial charge is 0.238 e. The summed E-state index contributed by atoms with van der Waals surface area (Å²) in [6.45, 7) is 0. The number of benzene rings is 3. The zero-order valence-corrected chi connectivity index (χ0v) is 25.5. The minimum absolute atomic E-state index is 0.0591. The summed E-state index contributed by atoms with van der Waals surface area (Å²) in [4.78, 5) is 14.2. The van der Waals surface area contributed by atoms with Crippen LogP contribution in [0.3, 0.4) is 0 Å². The number of rotatable bonds is 10. The summed E-state index contributed by atoms with van der Waals surface area (Å²) < 4.78 is 72.1. The average Bonchev–Trinajstić information content (AvgIpc) is 3.81. The maximum absolute atomic E-state index is 14.4. The number of hydrogen-bond acceptors (Lipinski definition) is 7. The van der Waals surface area contributed by atoms with Crippen LogP contribution in [-0.2, 0) is 51.1 Å². The van der Waals surface area contributed by atoms with Crippen LogP contribution in [0.5, 0.6) is 0 Å². The Labute approximate surface area is 250 Å². The molecule has 3 saturated carbocycles. The van der Waals surface area contributed by atoms with Gasteiger partial charge in [-0.3, -0.25) is 4.79 Å². The van der Waals surface area contributed by atoms with E-state index in [4.69, 9.17) is 21.2 Å². The van der Waals surface area contributed by atoms with Gasteiger partial charge in [0.1, 0.15) is 0 Å². The van der Waals surface area contributed by atoms with Gasteiger partial charge >= 0.3 is 0 Å². The second-order valence-electron chi connectivity index (χ2n) is 12.1. The van der Waals surface area contributed by atoms with Gasteiger partial charge in [-0.15, -0.1) is 0 Å². The highest BCUT2D eigenvalue weighted by molar-refractivity contribution is 7.89. The fourth-order valence-corrected chi connectivity index (χ4v) is 9.53. The molecule has 3 fully saturated rings. The molecule has 14 heteroatoms. The number of hydrogen-bond donors (Lipinski definition) is 4. The summed E-state index contributed by atoms with van der Waals surface area (Å²) in [5.41, 5.74) is 5.20. The zero-order chi connectivity index (χ0) is 31.3. The molecule has 3 aromatic carbocycles. The highest BCUT2D eigenvalue weighted by atomic mass is 32.2. The number of sulfonamides is 3. The summed E-state index contributed by atoms with van der Waals surface area (Å²) in [5.74, 6) is -0.526. The summed E-state index contributed by atoms with van der Waals surface area (Å²) >= 11 is 0. The van der Waals surface area contributed by atoms with Crippen molar-refractivity contribution >= 4 is 36.0 Å². The number of carbonyl (C=O) groups excluding carboxylic acids is 1. The Kier molecular flexibility index (Phi) is 6.39. The van der Waals surface area contributed by atoms with Gasteiger partial charge in [0, 0.05) is 16.2 Å². The van der Waals surface area contributed by atoms with Gasteiger partial charge < -0.3 is 5.73 Å². The number of amides is 1. The second kappa shape index (κ2) is 9.19. The number of primary amides is 1. The van der Waals surface area contributed by atoms with E-state index in [-0.39, 0.29) is 14.7 Å². The van der Waals surface area contributed by atoms with Gasteiger partial charge in [-0.2, -0.15) is 0 Å². The van der Waals surface area contributed by atoms with Gasteiger partial charge in [-0.1, -0.05) is 36.4 Å². The molecule has 0 bridgehead atoms. The number of nitrogens with two attached hydrogens (primary N) is 4. The van der Waals surface area contributed by atoms with E-state index >= 15 is 0 Å². The van der Waals surface area contributed by atoms with Gasteiger partial charge in [-0.05, 0) is 91.6 Å². The third kappa shape index (κ3) is 4.30. The van der Waals surface area contributed by atoms with Crippen LogP contribution in [-0.4, -0.2) is 31.2 Å². The lowest BCUT2D eigenvalue weighted by atomic mass is 9.48. The second-order valence-corrected chi connectivity index (χ2v) is 16.8. The van der Waals surface area contributed by atoms with Crippen molar-refractivity contribution in [3.05, 3.63) is 89.5 Å². The quantitative estimate of drug-likeness (QED) is 0.255. The van der Waals surface area contributed by atoms with Crippen LogP contribution in [0.15, 0.2) is 87.5 Å². The van der Waals surface area contributed by atoms with E-state index in [1.807, 2.05) is 0 Å². The van der Waals surface area contributed by atoms with Gasteiger partial charge in [0.15, 0.2) is 0 Å². The molecule has 11 nitrogen and oxygen atoms in total. The van der Waals surface area contributed by atoms with E-state index in [1.165, 1.54) is 36.4 Å². The highest BCUT2D eigenvalue weighted by Crippen LogP contribution is 2.82. The van der Waals surface area contributed by atoms with Crippen LogP contribution in [0.1, 0.15) is 55.2 Å². The topological polar surface area (TPSA) is 224 Å². The van der Waals surface area contributed by atoms with Crippen LogP contribution in [0.2, 0.25) is 0 Å². The van der Waals surface area contributed by atoms with Crippen molar-refractivity contribution in [1.82, 2.24) is 0 Å². The summed E-state index contributed by atoms with van der Waals surface area (Å²) in [7, 11) is -11.9. The molecule has 0 spiro atoms. The minimum Gasteiger partial charge on any atom is -0.369 e. The Balaban J connectivity index is 1.61. The van der Waals surface area contributed by atoms with Crippen molar-refractivity contribution in [3.63, 3.8) is 0 Å². The van der Waals surface area contributed by atoms with Crippen LogP contribution in [0, 0.1) is 5.41 Å². The molecular formula is C29H32N4O7S3. The molecule has 3 aliphatic carbocycles. The third-order valence-corrected chi connectivity index (χ3v) is 12.8. The van der Waals surface area contributed by atoms with E-state index < -0.39 is 57.6 Å². The Morgan fingerprint density at radius 3 is 0.837 bits per heavy atom. The zero-order valence-electron chi connectivity index (χ0n) is 23.1. The maximum Gasteiger partial charge on any atom is 0.238 e. The van der Waals surface area contributed by atoms with Crippen molar-refractivity contribution in [2.45, 2.75) is 69.5 Å². The first-order valence-corrected chi connectivity index (χ1v) is 18.3. The van der Waals surface area contributed by atoms with Crippen molar-refractivity contribution in [2.24, 2.45) is 26.6 Å². The fraction of sp³-hybridized carbons (Fsp3) is 0.345. The molecule has 6 rings (SSSR count). The molecule has 0 aromatic heterocycles. The molecule has 8 N–H and O–H groups in total. The van der Waals surface area contributed by atoms with Crippen LogP contribution >= 0.6 is 0 Å². The molecule has 0 atom stereocenters. The van der Waals surface area contributed by atoms with Crippen LogP contribution in [0.25, 0.3) is 0 Å². The monoisotopic (exact) mass is 644 g/mol. The molecule has 228 valence electrons. The summed E-state index contributed by atoms with van der Waals surface area (Å²) in [5, 5.41) is 16.1. The van der Waals surface area contributed by atoms with E-state index in [0.29, 0.717) is 38.5 Å². The highest BCUT2D eigenvalue weighted by Gasteiger charge is 2.84. The number of primary sulfonamides is 3. The largest absolute Gasteiger partial charge is 0.369 e. The lowest BCUT2D eigenvalue weighted by Crippen LogP contribution is -2.61. The van der Waals surface area contributed by atoms with Gasteiger partial charge in [0.25, 0.3) is 0 Å². The molecule has 1 amide bonds. The first kappa shape index (κ1) is 29.9. The Morgan fingerprint density at radius 2 is 0.698 bits per heavy atom. The van der Waals surface area contributed by atoms with Crippen molar-refractivity contribution in [1.29, 1.82) is 0 Å². The molecule has 0 saturated heterocycles. The molecule has 43 heavy (non-hydrogen) atoms. The van der Waals surface area contributed by atoms with E-state index in [9.17, 15) is 30.0 Å². The Bertz CT molecular complexity index is 1740. The lowest BCUT2D eigenvalue weighted by molar-refractivity contribution is -0.136. The Hall–Kier alpha value is -3.14. The summed E-state index contributed by atoms with van der Waals surface area (Å²) in [6.07, 6.45) is 3.58. The number of carbonyl (C=O) groups is 1. The molecule has 0 heterocycles. The van der Waals surface area contributed by atoms with Gasteiger partial charge in [-0.25, -0.2) is 40.7 Å². The average molecular weight is 645 g/mol. The summed E-state index contributed by atoms with van der Waals surface area (Å²) in [6, 6.07) is 18.7. The molecular weight excluding hydrogens is 613 g/mol. The normalized spacial score (nSPS) is 20.3. The van der Waals surface area contributed by atoms with Crippen molar-refractivity contribution in [3.8, 4) is 0 Å². The van der Waals surface area contributed by atoms with Gasteiger partial charge in [0.2, 0.25) is 36.0 Å². The maximum atomic E-state index is 14.4. The molecule has 3 aliphatic rings. The van der Waals surface area contributed by atoms with E-state index in [0.717, 1.165) is 16.7 Å². The van der Waals surface area contributed by atoms with Gasteiger partial charge in [0.05, 0.1) is 20.1 Å². The first-order chi connectivity index (χ1) is 19.9. The molecule has 3 aromatic rings. The standard InChI is InChI=1S/C29H32N4O7S3/c30-25(34)29(26(13-14-26)19-1-7-22(8-2-19)41(31,35)36,27(15-16-27)20-3-9-23(10-4-20)42(32,37)38)28(17-18-28)21-5-11-24(12-6-21)43(33,39)40/h1-12H,13-18H2,(H2,30,34)(H2,31,35,36)(H2,32,37,38)(H2,33,39,40). The van der Waals surface area contributed by atoms with Crippen molar-refractivity contribution in [2.75, 3.05) is 0 Å². The predicted octanol–water partition coefficient (Wildman–Crippen LogP) is 1.60. The Morgan fingerprint density at radius 1 is 0.488 bits per heavy atom. The third-order valence-electron chi connectivity index (χ3n) is 9.98. The fourth-order valence-electron chi connectivity index (χ4n) is 7.99. The lowest BCUT2D eigenvalue weighted by Gasteiger charge is -2.52. The molecule has 0 aliphatic heterocycles. The van der Waals surface area contributed by atoms with E-state index in [2.05, 4.69) is 0 Å². The molecule has 0 radical (unpaired) electrons. The van der Waals surface area contributed by atoms with Crippen molar-refractivity contribution < 1.29 is 30.0 Å². The predicted molar refractivity (Wildman–Crippen MR) is 158 cm³/mol. The SMILES string of the molecule is NC(=O)C(C1(c2ccc(S(N)(=O)=O)cc2)CC1)(C1(c2ccc(S(N)(=O)=O)cc2)CC1)C1(c2ccc(S(N)(=O)=O)cc2)CC1. The van der Waals surface area contributed by atoms with E-state index in [1.54, 1.807) is 36.4 Å². The van der Waals surface area contributed by atoms with Crippen LogP contribution in [0.4, 0.5) is 0 Å². The minimum atomic E-state index is -3.96. The first-order valence-electron chi connectivity index (χ1n) is 13.6. The molecule has 0 unspecified atom stereocenters. The van der Waals surface area contributed by atoms with Crippen LogP contribution < -0.4 is 21.2 Å².